The normalized spacial score (nSPS) is 11.0. The Morgan fingerprint density at radius 2 is 1.48 bits per heavy atom. The first-order chi connectivity index (χ1) is 12.9. The lowest BCUT2D eigenvalue weighted by molar-refractivity contribution is 0.102. The third-order valence-corrected chi connectivity index (χ3v) is 6.03. The Morgan fingerprint density at radius 3 is 2.11 bits per heavy atom. The van der Waals surface area contributed by atoms with E-state index < -0.39 is 10.0 Å². The summed E-state index contributed by atoms with van der Waals surface area (Å²) in [6.07, 6.45) is 0. The summed E-state index contributed by atoms with van der Waals surface area (Å²) in [5.74, 6) is -0.298. The molecule has 0 saturated heterocycles. The summed E-state index contributed by atoms with van der Waals surface area (Å²) in [7, 11) is -2.22. The molecule has 27 heavy (non-hydrogen) atoms. The second kappa shape index (κ2) is 7.63. The monoisotopic (exact) mass is 380 g/mol. The van der Waals surface area contributed by atoms with E-state index >= 15 is 0 Å². The number of rotatable bonds is 5. The van der Waals surface area contributed by atoms with E-state index in [2.05, 4.69) is 5.32 Å². The van der Waals surface area contributed by atoms with Crippen molar-refractivity contribution in [3.63, 3.8) is 0 Å². The number of hydrogen-bond donors (Lipinski definition) is 1. The van der Waals surface area contributed by atoms with Crippen molar-refractivity contribution in [1.82, 2.24) is 0 Å². The average molecular weight is 380 g/mol. The van der Waals surface area contributed by atoms with Crippen molar-refractivity contribution in [2.75, 3.05) is 16.7 Å². The van der Waals surface area contributed by atoms with Crippen LogP contribution in [0.15, 0.2) is 83.8 Å². The van der Waals surface area contributed by atoms with Crippen LogP contribution in [0.2, 0.25) is 0 Å². The summed E-state index contributed by atoms with van der Waals surface area (Å²) >= 11 is 0. The molecule has 3 rings (SSSR count). The minimum atomic E-state index is -3.71. The van der Waals surface area contributed by atoms with Gasteiger partial charge >= 0.3 is 0 Å². The van der Waals surface area contributed by atoms with Gasteiger partial charge in [0, 0.05) is 18.3 Å². The molecule has 0 spiro atoms. The third kappa shape index (κ3) is 4.01. The number of para-hydroxylation sites is 1. The third-order valence-electron chi connectivity index (χ3n) is 4.24. The molecule has 3 aromatic carbocycles. The summed E-state index contributed by atoms with van der Waals surface area (Å²) in [5.41, 5.74) is 2.28. The number of carbonyl (C=O) groups is 1. The standard InChI is InChI=1S/C21H20N2O3S/c1-16-13-14-17(21(24)22-18-9-5-3-6-10-18)15-20(16)23(2)27(25,26)19-11-7-4-8-12-19/h3-15H,1-2H3,(H,22,24). The minimum Gasteiger partial charge on any atom is -0.322 e. The van der Waals surface area contributed by atoms with Gasteiger partial charge in [-0.1, -0.05) is 42.5 Å². The van der Waals surface area contributed by atoms with Crippen molar-refractivity contribution in [2.24, 2.45) is 0 Å². The Bertz CT molecular complexity index is 1050. The quantitative estimate of drug-likeness (QED) is 0.725. The number of hydrogen-bond acceptors (Lipinski definition) is 3. The van der Waals surface area contributed by atoms with Crippen LogP contribution in [0.3, 0.4) is 0 Å². The SMILES string of the molecule is Cc1ccc(C(=O)Nc2ccccc2)cc1N(C)S(=O)(=O)c1ccccc1. The summed E-state index contributed by atoms with van der Waals surface area (Å²) in [6.45, 7) is 1.81. The lowest BCUT2D eigenvalue weighted by Crippen LogP contribution is -2.27. The summed E-state index contributed by atoms with van der Waals surface area (Å²) in [4.78, 5) is 12.7. The fraction of sp³-hybridized carbons (Fsp3) is 0.0952. The summed E-state index contributed by atoms with van der Waals surface area (Å²) in [6, 6.07) is 22.3. The molecule has 0 saturated carbocycles. The van der Waals surface area contributed by atoms with Gasteiger partial charge in [-0.05, 0) is 48.9 Å². The Balaban J connectivity index is 1.92. The van der Waals surface area contributed by atoms with Crippen molar-refractivity contribution >= 4 is 27.3 Å². The van der Waals surface area contributed by atoms with Gasteiger partial charge in [0.1, 0.15) is 0 Å². The van der Waals surface area contributed by atoms with Crippen molar-refractivity contribution in [3.8, 4) is 0 Å². The molecule has 0 radical (unpaired) electrons. The Kier molecular flexibility index (Phi) is 5.28. The van der Waals surface area contributed by atoms with Crippen LogP contribution in [-0.4, -0.2) is 21.4 Å². The second-order valence-corrected chi connectivity index (χ2v) is 8.08. The number of nitrogens with zero attached hydrogens (tertiary/aromatic N) is 1. The molecule has 3 aromatic rings. The molecule has 0 aromatic heterocycles. The molecule has 6 heteroatoms. The first-order valence-corrected chi connectivity index (χ1v) is 9.84. The van der Waals surface area contributed by atoms with E-state index in [1.165, 1.54) is 11.4 Å². The number of carbonyl (C=O) groups excluding carboxylic acids is 1. The molecule has 1 amide bonds. The van der Waals surface area contributed by atoms with E-state index in [-0.39, 0.29) is 10.8 Å². The van der Waals surface area contributed by atoms with E-state index in [0.717, 1.165) is 5.56 Å². The largest absolute Gasteiger partial charge is 0.322 e. The predicted octanol–water partition coefficient (Wildman–Crippen LogP) is 4.07. The maximum atomic E-state index is 12.9. The van der Waals surface area contributed by atoms with Gasteiger partial charge in [-0.3, -0.25) is 9.10 Å². The molecule has 1 N–H and O–H groups in total. The number of benzene rings is 3. The molecular weight excluding hydrogens is 360 g/mol. The zero-order valence-corrected chi connectivity index (χ0v) is 15.9. The average Bonchev–Trinajstić information content (AvgIpc) is 2.69. The Morgan fingerprint density at radius 1 is 0.889 bits per heavy atom. The molecule has 138 valence electrons. The fourth-order valence-corrected chi connectivity index (χ4v) is 3.97. The summed E-state index contributed by atoms with van der Waals surface area (Å²) < 4.78 is 27.0. The molecular formula is C21H20N2O3S. The van der Waals surface area contributed by atoms with Crippen LogP contribution in [0.5, 0.6) is 0 Å². The molecule has 0 aliphatic rings. The van der Waals surface area contributed by atoms with Crippen LogP contribution < -0.4 is 9.62 Å². The lowest BCUT2D eigenvalue weighted by atomic mass is 10.1. The zero-order valence-electron chi connectivity index (χ0n) is 15.1. The van der Waals surface area contributed by atoms with Crippen molar-refractivity contribution in [2.45, 2.75) is 11.8 Å². The molecule has 0 unspecified atom stereocenters. The van der Waals surface area contributed by atoms with Crippen LogP contribution in [-0.2, 0) is 10.0 Å². The van der Waals surface area contributed by atoms with Crippen molar-refractivity contribution in [1.29, 1.82) is 0 Å². The Labute approximate surface area is 159 Å². The van der Waals surface area contributed by atoms with E-state index in [1.807, 2.05) is 25.1 Å². The lowest BCUT2D eigenvalue weighted by Gasteiger charge is -2.22. The van der Waals surface area contributed by atoms with E-state index in [0.29, 0.717) is 16.9 Å². The van der Waals surface area contributed by atoms with Gasteiger partial charge in [0.15, 0.2) is 0 Å². The van der Waals surface area contributed by atoms with Crippen molar-refractivity contribution in [3.05, 3.63) is 90.0 Å². The molecule has 0 heterocycles. The van der Waals surface area contributed by atoms with Gasteiger partial charge in [0.05, 0.1) is 10.6 Å². The number of aryl methyl sites for hydroxylation is 1. The molecule has 0 atom stereocenters. The number of anilines is 2. The topological polar surface area (TPSA) is 66.5 Å². The molecule has 0 aliphatic heterocycles. The van der Waals surface area contributed by atoms with Gasteiger partial charge in [-0.25, -0.2) is 8.42 Å². The van der Waals surface area contributed by atoms with Gasteiger partial charge < -0.3 is 5.32 Å². The highest BCUT2D eigenvalue weighted by Gasteiger charge is 2.23. The highest BCUT2D eigenvalue weighted by atomic mass is 32.2. The van der Waals surface area contributed by atoms with Crippen LogP contribution in [0.4, 0.5) is 11.4 Å². The Hall–Kier alpha value is -3.12. The van der Waals surface area contributed by atoms with E-state index in [1.54, 1.807) is 60.7 Å². The zero-order chi connectivity index (χ0) is 19.4. The number of amides is 1. The first-order valence-electron chi connectivity index (χ1n) is 8.40. The highest BCUT2D eigenvalue weighted by molar-refractivity contribution is 7.92. The second-order valence-electron chi connectivity index (χ2n) is 6.11. The van der Waals surface area contributed by atoms with Gasteiger partial charge in [0.2, 0.25) is 0 Å². The van der Waals surface area contributed by atoms with E-state index in [4.69, 9.17) is 0 Å². The first kappa shape index (κ1) is 18.7. The van der Waals surface area contributed by atoms with Gasteiger partial charge in [-0.2, -0.15) is 0 Å². The molecule has 5 nitrogen and oxygen atoms in total. The summed E-state index contributed by atoms with van der Waals surface area (Å²) in [5, 5.41) is 2.81. The number of sulfonamides is 1. The molecule has 0 aliphatic carbocycles. The maximum Gasteiger partial charge on any atom is 0.264 e. The highest BCUT2D eigenvalue weighted by Crippen LogP contribution is 2.26. The minimum absolute atomic E-state index is 0.200. The smallest absolute Gasteiger partial charge is 0.264 e. The van der Waals surface area contributed by atoms with Crippen LogP contribution >= 0.6 is 0 Å². The van der Waals surface area contributed by atoms with Gasteiger partial charge in [0.25, 0.3) is 15.9 Å². The van der Waals surface area contributed by atoms with Crippen LogP contribution in [0.25, 0.3) is 0 Å². The maximum absolute atomic E-state index is 12.9. The predicted molar refractivity (Wildman–Crippen MR) is 108 cm³/mol. The molecule has 0 fully saturated rings. The van der Waals surface area contributed by atoms with Crippen LogP contribution in [0.1, 0.15) is 15.9 Å². The van der Waals surface area contributed by atoms with E-state index in [9.17, 15) is 13.2 Å². The fourth-order valence-electron chi connectivity index (χ4n) is 2.69. The van der Waals surface area contributed by atoms with Crippen LogP contribution in [0, 0.1) is 6.92 Å². The van der Waals surface area contributed by atoms with Gasteiger partial charge in [-0.15, -0.1) is 0 Å². The molecule has 0 bridgehead atoms. The van der Waals surface area contributed by atoms with Crippen molar-refractivity contribution < 1.29 is 13.2 Å². The number of nitrogens with one attached hydrogen (secondary N) is 1.